The highest BCUT2D eigenvalue weighted by atomic mass is 16.5. The van der Waals surface area contributed by atoms with Crippen LogP contribution in [-0.4, -0.2) is 23.2 Å². The van der Waals surface area contributed by atoms with Crippen LogP contribution in [0.2, 0.25) is 0 Å². The first-order chi connectivity index (χ1) is 12.2. The van der Waals surface area contributed by atoms with Gasteiger partial charge in [0.2, 0.25) is 11.7 Å². The van der Waals surface area contributed by atoms with Gasteiger partial charge in [-0.2, -0.15) is 4.98 Å². The van der Waals surface area contributed by atoms with Crippen LogP contribution >= 0.6 is 0 Å². The summed E-state index contributed by atoms with van der Waals surface area (Å²) in [6.07, 6.45) is 2.61. The van der Waals surface area contributed by atoms with Crippen LogP contribution < -0.4 is 4.74 Å². The average Bonchev–Trinajstić information content (AvgIpc) is 3.06. The molecular weight excluding hydrogens is 324 g/mol. The van der Waals surface area contributed by atoms with Crippen molar-refractivity contribution in [2.24, 2.45) is 0 Å². The summed E-state index contributed by atoms with van der Waals surface area (Å²) in [7, 11) is 1.34. The Balaban J connectivity index is 1.37. The SMILES string of the molecule is COC(=O)c1cccc(OCc2noc(C3CC3c3ccco3)n2)c1. The Labute approximate surface area is 143 Å². The molecule has 0 radical (unpaired) electrons. The summed E-state index contributed by atoms with van der Waals surface area (Å²) < 4.78 is 21.1. The number of nitrogens with zero attached hydrogens (tertiary/aromatic N) is 2. The fourth-order valence-electron chi connectivity index (χ4n) is 2.74. The maximum atomic E-state index is 11.5. The summed E-state index contributed by atoms with van der Waals surface area (Å²) >= 11 is 0. The van der Waals surface area contributed by atoms with Gasteiger partial charge in [-0.1, -0.05) is 11.2 Å². The van der Waals surface area contributed by atoms with E-state index in [1.54, 1.807) is 30.5 Å². The van der Waals surface area contributed by atoms with Crippen molar-refractivity contribution in [1.82, 2.24) is 10.1 Å². The van der Waals surface area contributed by atoms with E-state index in [-0.39, 0.29) is 12.5 Å². The van der Waals surface area contributed by atoms with Crippen LogP contribution in [0.3, 0.4) is 0 Å². The minimum atomic E-state index is -0.412. The molecule has 25 heavy (non-hydrogen) atoms. The molecule has 1 aliphatic carbocycles. The summed E-state index contributed by atoms with van der Waals surface area (Å²) in [4.78, 5) is 15.9. The van der Waals surface area contributed by atoms with Crippen molar-refractivity contribution in [2.75, 3.05) is 7.11 Å². The van der Waals surface area contributed by atoms with Gasteiger partial charge < -0.3 is 18.4 Å². The molecule has 1 fully saturated rings. The van der Waals surface area contributed by atoms with E-state index in [2.05, 4.69) is 14.9 Å². The zero-order valence-corrected chi connectivity index (χ0v) is 13.5. The number of hydrogen-bond acceptors (Lipinski definition) is 7. The molecule has 1 aromatic carbocycles. The number of methoxy groups -OCH3 is 1. The molecule has 2 unspecified atom stereocenters. The molecular formula is C18H16N2O5. The number of benzene rings is 1. The third-order valence-electron chi connectivity index (χ3n) is 4.12. The standard InChI is InChI=1S/C18H16N2O5/c1-22-18(21)11-4-2-5-12(8-11)24-10-16-19-17(25-20-16)14-9-13(14)15-6-3-7-23-15/h2-8,13-14H,9-10H2,1H3. The van der Waals surface area contributed by atoms with Gasteiger partial charge in [0.05, 0.1) is 18.9 Å². The zero-order valence-electron chi connectivity index (χ0n) is 13.5. The minimum Gasteiger partial charge on any atom is -0.485 e. The third-order valence-corrected chi connectivity index (χ3v) is 4.12. The molecule has 0 spiro atoms. The lowest BCUT2D eigenvalue weighted by Crippen LogP contribution is -2.02. The normalized spacial score (nSPS) is 18.8. The van der Waals surface area contributed by atoms with Crippen molar-refractivity contribution >= 4 is 5.97 Å². The number of esters is 1. The van der Waals surface area contributed by atoms with Crippen LogP contribution in [0.25, 0.3) is 0 Å². The predicted octanol–water partition coefficient (Wildman–Crippen LogP) is 3.30. The van der Waals surface area contributed by atoms with Crippen LogP contribution in [0, 0.1) is 0 Å². The number of furan rings is 1. The molecule has 128 valence electrons. The van der Waals surface area contributed by atoms with E-state index >= 15 is 0 Å². The fraction of sp³-hybridized carbons (Fsp3) is 0.278. The highest BCUT2D eigenvalue weighted by Gasteiger charge is 2.45. The van der Waals surface area contributed by atoms with Crippen molar-refractivity contribution in [3.8, 4) is 5.75 Å². The van der Waals surface area contributed by atoms with Crippen LogP contribution in [0.1, 0.15) is 46.1 Å². The number of carbonyl (C=O) groups excluding carboxylic acids is 1. The van der Waals surface area contributed by atoms with Crippen molar-refractivity contribution < 1.29 is 23.2 Å². The number of rotatable bonds is 6. The molecule has 0 saturated heterocycles. The quantitative estimate of drug-likeness (QED) is 0.636. The van der Waals surface area contributed by atoms with E-state index in [1.165, 1.54) is 7.11 Å². The average molecular weight is 340 g/mol. The van der Waals surface area contributed by atoms with Gasteiger partial charge in [-0.3, -0.25) is 0 Å². The lowest BCUT2D eigenvalue weighted by molar-refractivity contribution is 0.0600. The van der Waals surface area contributed by atoms with Crippen LogP contribution in [0.4, 0.5) is 0 Å². The van der Waals surface area contributed by atoms with E-state index in [0.29, 0.717) is 28.9 Å². The maximum Gasteiger partial charge on any atom is 0.337 e. The lowest BCUT2D eigenvalue weighted by Gasteiger charge is -2.05. The Morgan fingerprint density at radius 2 is 2.20 bits per heavy atom. The Kier molecular flexibility index (Phi) is 3.97. The second-order valence-electron chi connectivity index (χ2n) is 5.82. The summed E-state index contributed by atoms with van der Waals surface area (Å²) in [5.74, 6) is 2.64. The topological polar surface area (TPSA) is 87.6 Å². The molecule has 0 aliphatic heterocycles. The Morgan fingerprint density at radius 3 is 3.00 bits per heavy atom. The highest BCUT2D eigenvalue weighted by Crippen LogP contribution is 2.54. The molecule has 0 bridgehead atoms. The van der Waals surface area contributed by atoms with Crippen LogP contribution in [0.5, 0.6) is 5.75 Å². The summed E-state index contributed by atoms with van der Waals surface area (Å²) in [5.41, 5.74) is 0.424. The molecule has 2 aromatic heterocycles. The second kappa shape index (κ2) is 6.43. The fourth-order valence-corrected chi connectivity index (χ4v) is 2.74. The Morgan fingerprint density at radius 1 is 1.28 bits per heavy atom. The highest BCUT2D eigenvalue weighted by molar-refractivity contribution is 5.89. The van der Waals surface area contributed by atoms with Gasteiger partial charge in [-0.25, -0.2) is 4.79 Å². The van der Waals surface area contributed by atoms with Gasteiger partial charge in [-0.15, -0.1) is 0 Å². The first-order valence-electron chi connectivity index (χ1n) is 7.91. The van der Waals surface area contributed by atoms with E-state index in [4.69, 9.17) is 13.7 Å². The molecule has 7 nitrogen and oxygen atoms in total. The van der Waals surface area contributed by atoms with Gasteiger partial charge in [0.25, 0.3) is 0 Å². The van der Waals surface area contributed by atoms with Crippen molar-refractivity contribution in [2.45, 2.75) is 24.9 Å². The predicted molar refractivity (Wildman–Crippen MR) is 85.2 cm³/mol. The van der Waals surface area contributed by atoms with Gasteiger partial charge >= 0.3 is 5.97 Å². The molecule has 0 N–H and O–H groups in total. The van der Waals surface area contributed by atoms with Crippen LogP contribution in [-0.2, 0) is 11.3 Å². The van der Waals surface area contributed by atoms with E-state index < -0.39 is 5.97 Å². The molecule has 1 aliphatic rings. The van der Waals surface area contributed by atoms with Crippen molar-refractivity contribution in [1.29, 1.82) is 0 Å². The van der Waals surface area contributed by atoms with E-state index in [0.717, 1.165) is 12.2 Å². The van der Waals surface area contributed by atoms with Crippen molar-refractivity contribution in [3.63, 3.8) is 0 Å². The molecule has 2 heterocycles. The summed E-state index contributed by atoms with van der Waals surface area (Å²) in [6.45, 7) is 0.159. The molecule has 1 saturated carbocycles. The second-order valence-corrected chi connectivity index (χ2v) is 5.82. The smallest absolute Gasteiger partial charge is 0.337 e. The number of aromatic nitrogens is 2. The first kappa shape index (κ1) is 15.4. The molecule has 0 amide bonds. The summed E-state index contributed by atoms with van der Waals surface area (Å²) in [5, 5.41) is 3.95. The van der Waals surface area contributed by atoms with Gasteiger partial charge in [0.15, 0.2) is 6.61 Å². The largest absolute Gasteiger partial charge is 0.485 e. The van der Waals surface area contributed by atoms with E-state index in [1.807, 2.05) is 12.1 Å². The van der Waals surface area contributed by atoms with E-state index in [9.17, 15) is 4.79 Å². The molecule has 4 rings (SSSR count). The molecule has 3 aromatic rings. The summed E-state index contributed by atoms with van der Waals surface area (Å²) in [6, 6.07) is 10.6. The van der Waals surface area contributed by atoms with Crippen LogP contribution in [0.15, 0.2) is 51.6 Å². The number of hydrogen-bond donors (Lipinski definition) is 0. The monoisotopic (exact) mass is 340 g/mol. The number of ether oxygens (including phenoxy) is 2. The maximum absolute atomic E-state index is 11.5. The zero-order chi connectivity index (χ0) is 17.2. The molecule has 7 heteroatoms. The Hall–Kier alpha value is -3.09. The first-order valence-corrected chi connectivity index (χ1v) is 7.91. The van der Waals surface area contributed by atoms with Gasteiger partial charge in [0, 0.05) is 11.8 Å². The third kappa shape index (κ3) is 3.26. The van der Waals surface area contributed by atoms with Crippen molar-refractivity contribution in [3.05, 3.63) is 65.7 Å². The lowest BCUT2D eigenvalue weighted by atomic mass is 10.2. The minimum absolute atomic E-state index is 0.159. The van der Waals surface area contributed by atoms with Gasteiger partial charge in [0.1, 0.15) is 11.5 Å². The Bertz CT molecular complexity index is 871. The number of carbonyl (C=O) groups is 1. The van der Waals surface area contributed by atoms with Gasteiger partial charge in [-0.05, 0) is 36.8 Å². The molecule has 2 atom stereocenters.